The van der Waals surface area contributed by atoms with Gasteiger partial charge in [0.05, 0.1) is 24.9 Å². The van der Waals surface area contributed by atoms with Crippen molar-refractivity contribution in [3.05, 3.63) is 22.2 Å². The van der Waals surface area contributed by atoms with Crippen molar-refractivity contribution >= 4 is 24.3 Å². The van der Waals surface area contributed by atoms with Gasteiger partial charge in [-0.25, -0.2) is 4.79 Å². The number of aryl methyl sites for hydroxylation is 1. The zero-order valence-corrected chi connectivity index (χ0v) is 22.4. The fourth-order valence-electron chi connectivity index (χ4n) is 3.55. The molecule has 0 radical (unpaired) electrons. The van der Waals surface area contributed by atoms with Crippen LogP contribution < -0.4 is 11.4 Å². The first-order valence-electron chi connectivity index (χ1n) is 10.9. The van der Waals surface area contributed by atoms with Crippen molar-refractivity contribution in [2.45, 2.75) is 85.0 Å². The van der Waals surface area contributed by atoms with Crippen LogP contribution in [-0.4, -0.2) is 58.7 Å². The van der Waals surface area contributed by atoms with Crippen molar-refractivity contribution in [3.63, 3.8) is 0 Å². The van der Waals surface area contributed by atoms with Gasteiger partial charge in [0.25, 0.3) is 0 Å². The van der Waals surface area contributed by atoms with Crippen LogP contribution in [0.1, 0.15) is 59.8 Å². The quantitative estimate of drug-likeness (QED) is 0.380. The molecule has 0 saturated carbocycles. The summed E-state index contributed by atoms with van der Waals surface area (Å²) in [5.41, 5.74) is 4.98. The summed E-state index contributed by atoms with van der Waals surface area (Å²) in [5, 5.41) is 0. The number of nitrogen functional groups attached to an aromatic ring is 1. The number of aromatic nitrogens is 2. The lowest BCUT2D eigenvalue weighted by molar-refractivity contribution is -0.0807. The van der Waals surface area contributed by atoms with Gasteiger partial charge in [-0.05, 0) is 51.3 Å². The van der Waals surface area contributed by atoms with E-state index in [1.165, 1.54) is 4.57 Å². The van der Waals surface area contributed by atoms with Crippen LogP contribution in [0.25, 0.3) is 0 Å². The molecule has 5 atom stereocenters. The average molecular weight is 508 g/mol. The molecule has 1 aromatic rings. The first-order valence-corrected chi connectivity index (χ1v) is 13.5. The Bertz CT molecular complexity index is 913. The number of hydrogen-bond acceptors (Lipinski definition) is 9. The number of methoxy groups -OCH3 is 1. The van der Waals surface area contributed by atoms with Crippen molar-refractivity contribution in [2.75, 3.05) is 26.1 Å². The summed E-state index contributed by atoms with van der Waals surface area (Å²) in [4.78, 5) is 27.5. The molecular weight excluding hydrogens is 469 g/mol. The Morgan fingerprint density at radius 1 is 1.24 bits per heavy atom. The van der Waals surface area contributed by atoms with Crippen LogP contribution in [0.3, 0.4) is 0 Å². The van der Waals surface area contributed by atoms with E-state index >= 15 is 0 Å². The zero-order chi connectivity index (χ0) is 25.2. The normalized spacial score (nSPS) is 25.8. The standard InChI is InChI=1S/C21H38N3O7PS/c1-13-12-24(19(25)23-17(13)22)18-16(28-10-9-27-8)15(14(29-18)11-20(2,3)4)30-32(26,33)31-21(5,6)7/h12,14-16,18H,9-11H2,1-8H3,(H,26,33)(H2,22,23,25)/t14-,15?,16+,18-,32?/m1/s1. The minimum Gasteiger partial charge on any atom is -0.383 e. The summed E-state index contributed by atoms with van der Waals surface area (Å²) in [6, 6.07) is 0. The third-order valence-electron chi connectivity index (χ3n) is 4.79. The molecule has 0 bridgehead atoms. The molecule has 33 heavy (non-hydrogen) atoms. The van der Waals surface area contributed by atoms with Gasteiger partial charge < -0.3 is 29.4 Å². The summed E-state index contributed by atoms with van der Waals surface area (Å²) in [7, 11) is 1.56. The SMILES string of the molecule is COCCO[C@H]1C(OP(O)(=S)OC(C)(C)C)[C@@H](CC(C)(C)C)O[C@H]1n1cc(C)c(N)nc1=O. The molecule has 3 N–H and O–H groups in total. The molecule has 0 spiro atoms. The molecule has 0 amide bonds. The predicted octanol–water partition coefficient (Wildman–Crippen LogP) is 2.92. The number of anilines is 1. The molecule has 190 valence electrons. The second kappa shape index (κ2) is 10.8. The minimum absolute atomic E-state index is 0.148. The van der Waals surface area contributed by atoms with Crippen LogP contribution in [0.15, 0.2) is 11.0 Å². The Balaban J connectivity index is 2.50. The van der Waals surface area contributed by atoms with Crippen molar-refractivity contribution < 1.29 is 28.2 Å². The maximum absolute atomic E-state index is 12.7. The largest absolute Gasteiger partial charge is 0.383 e. The lowest BCUT2D eigenvalue weighted by Crippen LogP contribution is -2.40. The Morgan fingerprint density at radius 2 is 1.88 bits per heavy atom. The lowest BCUT2D eigenvalue weighted by atomic mass is 9.87. The van der Waals surface area contributed by atoms with E-state index in [0.717, 1.165) is 0 Å². The molecule has 1 fully saturated rings. The third kappa shape index (κ3) is 8.36. The van der Waals surface area contributed by atoms with Gasteiger partial charge in [0, 0.05) is 18.9 Å². The van der Waals surface area contributed by atoms with Gasteiger partial charge in [-0.1, -0.05) is 20.8 Å². The summed E-state index contributed by atoms with van der Waals surface area (Å²) >= 11 is 5.32. The molecule has 12 heteroatoms. The van der Waals surface area contributed by atoms with Crippen LogP contribution in [0.2, 0.25) is 0 Å². The number of nitrogens with two attached hydrogens (primary N) is 1. The molecular formula is C21H38N3O7PS. The second-order valence-corrected chi connectivity index (χ2v) is 13.1. The van der Waals surface area contributed by atoms with E-state index in [1.54, 1.807) is 41.0 Å². The highest BCUT2D eigenvalue weighted by Gasteiger charge is 2.51. The highest BCUT2D eigenvalue weighted by atomic mass is 32.5. The van der Waals surface area contributed by atoms with Crippen LogP contribution in [0.5, 0.6) is 0 Å². The van der Waals surface area contributed by atoms with Gasteiger partial charge in [-0.3, -0.25) is 9.09 Å². The maximum atomic E-state index is 12.7. The Labute approximate surface area is 201 Å². The van der Waals surface area contributed by atoms with Crippen LogP contribution in [0, 0.1) is 12.3 Å². The maximum Gasteiger partial charge on any atom is 0.351 e. The Kier molecular flexibility index (Phi) is 9.26. The van der Waals surface area contributed by atoms with Gasteiger partial charge in [0.1, 0.15) is 18.0 Å². The van der Waals surface area contributed by atoms with E-state index in [1.807, 2.05) is 0 Å². The lowest BCUT2D eigenvalue weighted by Gasteiger charge is -2.32. The molecule has 2 rings (SSSR count). The highest BCUT2D eigenvalue weighted by Crippen LogP contribution is 2.52. The van der Waals surface area contributed by atoms with E-state index in [9.17, 15) is 9.69 Å². The van der Waals surface area contributed by atoms with E-state index in [0.29, 0.717) is 18.6 Å². The topological polar surface area (TPSA) is 127 Å². The zero-order valence-electron chi connectivity index (χ0n) is 20.7. The number of hydrogen-bond donors (Lipinski definition) is 2. The molecule has 1 saturated heterocycles. The smallest absolute Gasteiger partial charge is 0.351 e. The van der Waals surface area contributed by atoms with E-state index in [4.69, 9.17) is 40.8 Å². The summed E-state index contributed by atoms with van der Waals surface area (Å²) in [5.74, 6) is 0.148. The molecule has 2 unspecified atom stereocenters. The Morgan fingerprint density at radius 3 is 2.42 bits per heavy atom. The first-order chi connectivity index (χ1) is 15.0. The molecule has 1 aromatic heterocycles. The van der Waals surface area contributed by atoms with Crippen molar-refractivity contribution in [2.24, 2.45) is 5.41 Å². The van der Waals surface area contributed by atoms with Gasteiger partial charge in [0.2, 0.25) is 0 Å². The van der Waals surface area contributed by atoms with Gasteiger partial charge in [0.15, 0.2) is 6.23 Å². The van der Waals surface area contributed by atoms with Crippen molar-refractivity contribution in [3.8, 4) is 0 Å². The van der Waals surface area contributed by atoms with E-state index < -0.39 is 42.5 Å². The van der Waals surface area contributed by atoms with Gasteiger partial charge in [-0.2, -0.15) is 4.98 Å². The van der Waals surface area contributed by atoms with Gasteiger partial charge >= 0.3 is 12.4 Å². The summed E-state index contributed by atoms with van der Waals surface area (Å²) < 4.78 is 30.6. The fourth-order valence-corrected chi connectivity index (χ4v) is 5.82. The molecule has 1 aliphatic rings. The van der Waals surface area contributed by atoms with E-state index in [2.05, 4.69) is 25.8 Å². The highest BCUT2D eigenvalue weighted by molar-refractivity contribution is 8.07. The number of nitrogens with zero attached hydrogens (tertiary/aromatic N) is 2. The third-order valence-corrected chi connectivity index (χ3v) is 6.56. The van der Waals surface area contributed by atoms with Crippen LogP contribution in [0.4, 0.5) is 5.82 Å². The number of ether oxygens (including phenoxy) is 3. The average Bonchev–Trinajstić information content (AvgIpc) is 2.91. The van der Waals surface area contributed by atoms with Crippen molar-refractivity contribution in [1.29, 1.82) is 0 Å². The predicted molar refractivity (Wildman–Crippen MR) is 129 cm³/mol. The van der Waals surface area contributed by atoms with Gasteiger partial charge in [-0.15, -0.1) is 0 Å². The van der Waals surface area contributed by atoms with E-state index in [-0.39, 0.29) is 17.8 Å². The monoisotopic (exact) mass is 507 g/mol. The first kappa shape index (κ1) is 28.3. The summed E-state index contributed by atoms with van der Waals surface area (Å²) in [6.07, 6.45) is -0.853. The molecule has 2 heterocycles. The molecule has 0 aromatic carbocycles. The molecule has 0 aliphatic carbocycles. The number of rotatable bonds is 9. The van der Waals surface area contributed by atoms with Crippen molar-refractivity contribution in [1.82, 2.24) is 9.55 Å². The summed E-state index contributed by atoms with van der Waals surface area (Å²) in [6.45, 7) is 10.1. The fraction of sp³-hybridized carbons (Fsp3) is 0.810. The van der Waals surface area contributed by atoms with Crippen LogP contribution >= 0.6 is 6.72 Å². The molecule has 10 nitrogen and oxygen atoms in total. The van der Waals surface area contributed by atoms with Crippen LogP contribution in [-0.2, 0) is 35.1 Å². The second-order valence-electron chi connectivity index (χ2n) is 10.4. The minimum atomic E-state index is -3.67. The Hall–Kier alpha value is -0.910. The molecule has 1 aliphatic heterocycles.